The third kappa shape index (κ3) is 2.44. The van der Waals surface area contributed by atoms with Gasteiger partial charge in [0, 0.05) is 32.4 Å². The molecule has 0 radical (unpaired) electrons. The van der Waals surface area contributed by atoms with Crippen molar-refractivity contribution in [2.24, 2.45) is 7.05 Å². The number of ether oxygens (including phenoxy) is 1. The predicted molar refractivity (Wildman–Crippen MR) is 63.2 cm³/mol. The summed E-state index contributed by atoms with van der Waals surface area (Å²) in [6.45, 7) is 6.15. The van der Waals surface area contributed by atoms with E-state index in [2.05, 4.69) is 30.3 Å². The van der Waals surface area contributed by atoms with Crippen LogP contribution in [0.15, 0.2) is 12.3 Å². The maximum absolute atomic E-state index is 5.75. The second kappa shape index (κ2) is 4.55. The zero-order valence-corrected chi connectivity index (χ0v) is 10.4. The van der Waals surface area contributed by atoms with Crippen molar-refractivity contribution < 1.29 is 4.74 Å². The normalized spacial score (nSPS) is 27.2. The molecule has 1 aliphatic heterocycles. The van der Waals surface area contributed by atoms with E-state index in [0.717, 1.165) is 19.6 Å². The van der Waals surface area contributed by atoms with E-state index in [1.165, 1.54) is 12.1 Å². The van der Waals surface area contributed by atoms with Crippen LogP contribution in [0.2, 0.25) is 0 Å². The van der Waals surface area contributed by atoms with Crippen molar-refractivity contribution in [3.05, 3.63) is 18.0 Å². The van der Waals surface area contributed by atoms with E-state index in [9.17, 15) is 0 Å². The molecule has 2 rings (SSSR count). The number of hydrogen-bond donors (Lipinski definition) is 1. The lowest BCUT2D eigenvalue weighted by atomic mass is 10.0. The molecule has 1 aromatic rings. The molecule has 1 saturated heterocycles. The quantitative estimate of drug-likeness (QED) is 0.843. The van der Waals surface area contributed by atoms with E-state index >= 15 is 0 Å². The number of nitrogens with zero attached hydrogens (tertiary/aromatic N) is 2. The van der Waals surface area contributed by atoms with Crippen LogP contribution in [0, 0.1) is 0 Å². The summed E-state index contributed by atoms with van der Waals surface area (Å²) in [7, 11) is 1.97. The zero-order valence-electron chi connectivity index (χ0n) is 10.4. The molecular formula is C12H21N3O. The molecule has 1 aliphatic rings. The number of nitrogens with one attached hydrogen (secondary N) is 1. The zero-order chi connectivity index (χ0) is 11.6. The highest BCUT2D eigenvalue weighted by Crippen LogP contribution is 2.25. The molecule has 16 heavy (non-hydrogen) atoms. The standard InChI is InChI=1S/C12H21N3O/c1-10(11-5-7-14-15(11)3)13-9-12(2)6-4-8-16-12/h5,7,10,13H,4,6,8-9H2,1-3H3. The van der Waals surface area contributed by atoms with Gasteiger partial charge in [0.2, 0.25) is 0 Å². The average Bonchev–Trinajstić information content (AvgIpc) is 2.85. The van der Waals surface area contributed by atoms with Crippen molar-refractivity contribution in [1.82, 2.24) is 15.1 Å². The van der Waals surface area contributed by atoms with E-state index in [0.29, 0.717) is 6.04 Å². The van der Waals surface area contributed by atoms with Crippen LogP contribution in [-0.2, 0) is 11.8 Å². The topological polar surface area (TPSA) is 39.1 Å². The first kappa shape index (κ1) is 11.6. The van der Waals surface area contributed by atoms with Gasteiger partial charge < -0.3 is 10.1 Å². The first-order chi connectivity index (χ1) is 7.61. The minimum absolute atomic E-state index is 0.0207. The molecule has 0 amide bonds. The Morgan fingerprint density at radius 2 is 2.50 bits per heavy atom. The summed E-state index contributed by atoms with van der Waals surface area (Å²) in [5.74, 6) is 0. The maximum atomic E-state index is 5.75. The second-order valence-corrected chi connectivity index (χ2v) is 4.88. The maximum Gasteiger partial charge on any atom is 0.0779 e. The molecule has 2 atom stereocenters. The van der Waals surface area contributed by atoms with Gasteiger partial charge >= 0.3 is 0 Å². The van der Waals surface area contributed by atoms with E-state index < -0.39 is 0 Å². The van der Waals surface area contributed by atoms with Crippen LogP contribution >= 0.6 is 0 Å². The Kier molecular flexibility index (Phi) is 3.30. The van der Waals surface area contributed by atoms with Crippen LogP contribution in [0.5, 0.6) is 0 Å². The third-order valence-corrected chi connectivity index (χ3v) is 3.39. The smallest absolute Gasteiger partial charge is 0.0779 e. The van der Waals surface area contributed by atoms with E-state index in [-0.39, 0.29) is 5.60 Å². The fraction of sp³-hybridized carbons (Fsp3) is 0.750. The number of aromatic nitrogens is 2. The molecular weight excluding hydrogens is 202 g/mol. The van der Waals surface area contributed by atoms with Gasteiger partial charge in [-0.3, -0.25) is 4.68 Å². The van der Waals surface area contributed by atoms with Gasteiger partial charge in [0.05, 0.1) is 11.3 Å². The summed E-state index contributed by atoms with van der Waals surface area (Å²) >= 11 is 0. The summed E-state index contributed by atoms with van der Waals surface area (Å²) < 4.78 is 7.67. The molecule has 90 valence electrons. The van der Waals surface area contributed by atoms with E-state index in [1.807, 2.05) is 17.9 Å². The van der Waals surface area contributed by atoms with Gasteiger partial charge in [0.1, 0.15) is 0 Å². The summed E-state index contributed by atoms with van der Waals surface area (Å²) in [5, 5.41) is 7.70. The molecule has 0 spiro atoms. The van der Waals surface area contributed by atoms with Gasteiger partial charge in [0.15, 0.2) is 0 Å². The highest BCUT2D eigenvalue weighted by molar-refractivity contribution is 5.05. The Hall–Kier alpha value is -0.870. The molecule has 1 N–H and O–H groups in total. The second-order valence-electron chi connectivity index (χ2n) is 4.88. The first-order valence-electron chi connectivity index (χ1n) is 5.96. The van der Waals surface area contributed by atoms with Crippen LogP contribution in [0.1, 0.15) is 38.4 Å². The van der Waals surface area contributed by atoms with Crippen molar-refractivity contribution in [3.63, 3.8) is 0 Å². The molecule has 0 aliphatic carbocycles. The lowest BCUT2D eigenvalue weighted by Gasteiger charge is -2.26. The molecule has 0 bridgehead atoms. The van der Waals surface area contributed by atoms with Crippen LogP contribution in [0.3, 0.4) is 0 Å². The van der Waals surface area contributed by atoms with Crippen LogP contribution in [0.25, 0.3) is 0 Å². The van der Waals surface area contributed by atoms with Crippen molar-refractivity contribution in [2.75, 3.05) is 13.2 Å². The Morgan fingerprint density at radius 3 is 3.06 bits per heavy atom. The number of hydrogen-bond acceptors (Lipinski definition) is 3. The van der Waals surface area contributed by atoms with Gasteiger partial charge in [-0.15, -0.1) is 0 Å². The SMILES string of the molecule is CC(NCC1(C)CCCO1)c1ccnn1C. The predicted octanol–water partition coefficient (Wildman–Crippen LogP) is 1.64. The monoisotopic (exact) mass is 223 g/mol. The summed E-state index contributed by atoms with van der Waals surface area (Å²) in [4.78, 5) is 0. The Morgan fingerprint density at radius 1 is 1.69 bits per heavy atom. The molecule has 4 heteroatoms. The fourth-order valence-corrected chi connectivity index (χ4v) is 2.26. The molecule has 4 nitrogen and oxygen atoms in total. The molecule has 2 heterocycles. The minimum Gasteiger partial charge on any atom is -0.374 e. The van der Waals surface area contributed by atoms with Gasteiger partial charge in [0.25, 0.3) is 0 Å². The van der Waals surface area contributed by atoms with Gasteiger partial charge in [-0.05, 0) is 32.8 Å². The van der Waals surface area contributed by atoms with Gasteiger partial charge in [-0.2, -0.15) is 5.10 Å². The lowest BCUT2D eigenvalue weighted by Crippen LogP contribution is -2.38. The Balaban J connectivity index is 1.88. The molecule has 1 aromatic heterocycles. The van der Waals surface area contributed by atoms with Crippen molar-refractivity contribution >= 4 is 0 Å². The highest BCUT2D eigenvalue weighted by atomic mass is 16.5. The molecule has 2 unspecified atom stereocenters. The third-order valence-electron chi connectivity index (χ3n) is 3.39. The van der Waals surface area contributed by atoms with Crippen molar-refractivity contribution in [3.8, 4) is 0 Å². The number of aryl methyl sites for hydroxylation is 1. The van der Waals surface area contributed by atoms with Crippen molar-refractivity contribution in [2.45, 2.75) is 38.3 Å². The summed E-state index contributed by atoms with van der Waals surface area (Å²) in [5.41, 5.74) is 1.23. The van der Waals surface area contributed by atoms with Gasteiger partial charge in [-0.25, -0.2) is 0 Å². The van der Waals surface area contributed by atoms with Crippen LogP contribution < -0.4 is 5.32 Å². The van der Waals surface area contributed by atoms with Crippen LogP contribution in [-0.4, -0.2) is 28.5 Å². The first-order valence-corrected chi connectivity index (χ1v) is 5.96. The molecule has 0 saturated carbocycles. The Bertz CT molecular complexity index is 342. The van der Waals surface area contributed by atoms with Gasteiger partial charge in [-0.1, -0.05) is 0 Å². The average molecular weight is 223 g/mol. The number of rotatable bonds is 4. The van der Waals surface area contributed by atoms with Crippen molar-refractivity contribution in [1.29, 1.82) is 0 Å². The highest BCUT2D eigenvalue weighted by Gasteiger charge is 2.29. The summed E-state index contributed by atoms with van der Waals surface area (Å²) in [6.07, 6.45) is 4.16. The summed E-state index contributed by atoms with van der Waals surface area (Å²) in [6, 6.07) is 2.36. The van der Waals surface area contributed by atoms with E-state index in [1.54, 1.807) is 0 Å². The molecule has 1 fully saturated rings. The van der Waals surface area contributed by atoms with E-state index in [4.69, 9.17) is 4.74 Å². The fourth-order valence-electron chi connectivity index (χ4n) is 2.26. The molecule has 0 aromatic carbocycles. The Labute approximate surface area is 97.0 Å². The minimum atomic E-state index is 0.0207. The largest absolute Gasteiger partial charge is 0.374 e. The van der Waals surface area contributed by atoms with Crippen LogP contribution in [0.4, 0.5) is 0 Å². The lowest BCUT2D eigenvalue weighted by molar-refractivity contribution is 0.0189.